The van der Waals surface area contributed by atoms with Crippen LogP contribution in [0.3, 0.4) is 0 Å². The SMILES string of the molecule is COCC(C)Nc1cc(N)nc(C)n1. The highest BCUT2D eigenvalue weighted by molar-refractivity contribution is 5.44. The Labute approximate surface area is 83.7 Å². The van der Waals surface area contributed by atoms with E-state index in [1.165, 1.54) is 0 Å². The summed E-state index contributed by atoms with van der Waals surface area (Å²) in [5, 5.41) is 3.17. The number of methoxy groups -OCH3 is 1. The van der Waals surface area contributed by atoms with Crippen LogP contribution in [0.25, 0.3) is 0 Å². The van der Waals surface area contributed by atoms with E-state index in [-0.39, 0.29) is 6.04 Å². The Bertz CT molecular complexity index is 283. The summed E-state index contributed by atoms with van der Waals surface area (Å²) in [4.78, 5) is 8.18. The summed E-state index contributed by atoms with van der Waals surface area (Å²) in [6.07, 6.45) is 0. The third kappa shape index (κ3) is 3.18. The summed E-state index contributed by atoms with van der Waals surface area (Å²) in [5.41, 5.74) is 5.59. The predicted octanol–water partition coefficient (Wildman–Crippen LogP) is 0.814. The van der Waals surface area contributed by atoms with E-state index in [2.05, 4.69) is 15.3 Å². The molecule has 0 fully saturated rings. The van der Waals surface area contributed by atoms with Crippen LogP contribution < -0.4 is 11.1 Å². The van der Waals surface area contributed by atoms with Crippen LogP contribution in [-0.2, 0) is 4.74 Å². The van der Waals surface area contributed by atoms with Gasteiger partial charge in [-0.25, -0.2) is 9.97 Å². The first-order chi connectivity index (χ1) is 6.61. The lowest BCUT2D eigenvalue weighted by atomic mass is 10.3. The summed E-state index contributed by atoms with van der Waals surface area (Å²) in [7, 11) is 1.66. The van der Waals surface area contributed by atoms with Crippen LogP contribution in [0, 0.1) is 6.92 Å². The number of rotatable bonds is 4. The number of ether oxygens (including phenoxy) is 1. The summed E-state index contributed by atoms with van der Waals surface area (Å²) >= 11 is 0. The Morgan fingerprint density at radius 3 is 2.86 bits per heavy atom. The van der Waals surface area contributed by atoms with Crippen LogP contribution in [0.4, 0.5) is 11.6 Å². The second-order valence-electron chi connectivity index (χ2n) is 3.23. The number of nitrogen functional groups attached to an aromatic ring is 1. The van der Waals surface area contributed by atoms with E-state index in [0.717, 1.165) is 5.82 Å². The average molecular weight is 196 g/mol. The Morgan fingerprint density at radius 2 is 2.29 bits per heavy atom. The van der Waals surface area contributed by atoms with E-state index >= 15 is 0 Å². The van der Waals surface area contributed by atoms with Crippen LogP contribution in [0.1, 0.15) is 12.7 Å². The molecule has 0 aromatic carbocycles. The first-order valence-electron chi connectivity index (χ1n) is 4.48. The molecule has 0 spiro atoms. The van der Waals surface area contributed by atoms with Gasteiger partial charge in [0.15, 0.2) is 0 Å². The van der Waals surface area contributed by atoms with Gasteiger partial charge in [0.05, 0.1) is 6.61 Å². The topological polar surface area (TPSA) is 73.1 Å². The van der Waals surface area contributed by atoms with Gasteiger partial charge in [0.1, 0.15) is 17.5 Å². The number of nitrogens with two attached hydrogens (primary N) is 1. The lowest BCUT2D eigenvalue weighted by molar-refractivity contribution is 0.190. The molecule has 5 nitrogen and oxygen atoms in total. The molecule has 1 atom stereocenters. The fraction of sp³-hybridized carbons (Fsp3) is 0.556. The molecule has 1 rings (SSSR count). The van der Waals surface area contributed by atoms with E-state index in [0.29, 0.717) is 18.2 Å². The van der Waals surface area contributed by atoms with Crippen molar-refractivity contribution in [3.63, 3.8) is 0 Å². The number of hydrogen-bond donors (Lipinski definition) is 2. The van der Waals surface area contributed by atoms with Gasteiger partial charge in [-0.2, -0.15) is 0 Å². The molecule has 1 aromatic heterocycles. The van der Waals surface area contributed by atoms with Gasteiger partial charge in [-0.15, -0.1) is 0 Å². The van der Waals surface area contributed by atoms with Crippen LogP contribution in [0.5, 0.6) is 0 Å². The van der Waals surface area contributed by atoms with Crippen LogP contribution in [0.15, 0.2) is 6.07 Å². The Hall–Kier alpha value is -1.36. The quantitative estimate of drug-likeness (QED) is 0.745. The van der Waals surface area contributed by atoms with Gasteiger partial charge in [-0.1, -0.05) is 0 Å². The second-order valence-corrected chi connectivity index (χ2v) is 3.23. The molecule has 1 aromatic rings. The fourth-order valence-electron chi connectivity index (χ4n) is 1.21. The van der Waals surface area contributed by atoms with Crippen molar-refractivity contribution in [2.45, 2.75) is 19.9 Å². The van der Waals surface area contributed by atoms with Crippen molar-refractivity contribution in [1.29, 1.82) is 0 Å². The minimum Gasteiger partial charge on any atom is -0.384 e. The molecule has 14 heavy (non-hydrogen) atoms. The number of anilines is 2. The zero-order valence-electron chi connectivity index (χ0n) is 8.74. The van der Waals surface area contributed by atoms with Crippen LogP contribution >= 0.6 is 0 Å². The number of hydrogen-bond acceptors (Lipinski definition) is 5. The Kier molecular flexibility index (Phi) is 3.64. The summed E-state index contributed by atoms with van der Waals surface area (Å²) in [6, 6.07) is 1.91. The lowest BCUT2D eigenvalue weighted by Crippen LogP contribution is -2.21. The third-order valence-corrected chi connectivity index (χ3v) is 1.67. The lowest BCUT2D eigenvalue weighted by Gasteiger charge is -2.13. The van der Waals surface area contributed by atoms with Gasteiger partial charge in [0.25, 0.3) is 0 Å². The largest absolute Gasteiger partial charge is 0.384 e. The minimum absolute atomic E-state index is 0.202. The first-order valence-corrected chi connectivity index (χ1v) is 4.48. The van der Waals surface area contributed by atoms with E-state index in [1.54, 1.807) is 13.2 Å². The zero-order chi connectivity index (χ0) is 10.6. The molecule has 78 valence electrons. The maximum absolute atomic E-state index is 5.59. The molecule has 0 saturated heterocycles. The molecule has 0 aliphatic heterocycles. The van der Waals surface area contributed by atoms with Gasteiger partial charge < -0.3 is 15.8 Å². The average Bonchev–Trinajstić information content (AvgIpc) is 2.01. The number of nitrogens with one attached hydrogen (secondary N) is 1. The molecule has 3 N–H and O–H groups in total. The van der Waals surface area contributed by atoms with Gasteiger partial charge in [0, 0.05) is 19.2 Å². The smallest absolute Gasteiger partial charge is 0.132 e. The highest BCUT2D eigenvalue weighted by atomic mass is 16.5. The summed E-state index contributed by atoms with van der Waals surface area (Å²) in [6.45, 7) is 4.45. The van der Waals surface area contributed by atoms with Crippen molar-refractivity contribution in [2.75, 3.05) is 24.8 Å². The molecule has 0 saturated carbocycles. The molecule has 0 amide bonds. The molecule has 5 heteroatoms. The zero-order valence-corrected chi connectivity index (χ0v) is 8.74. The van der Waals surface area contributed by atoms with Gasteiger partial charge in [-0.05, 0) is 13.8 Å². The van der Waals surface area contributed by atoms with Gasteiger partial charge in [-0.3, -0.25) is 0 Å². The highest BCUT2D eigenvalue weighted by Crippen LogP contribution is 2.08. The highest BCUT2D eigenvalue weighted by Gasteiger charge is 2.03. The Morgan fingerprint density at radius 1 is 1.57 bits per heavy atom. The fourth-order valence-corrected chi connectivity index (χ4v) is 1.21. The summed E-state index contributed by atoms with van der Waals surface area (Å²) in [5.74, 6) is 1.88. The number of aryl methyl sites for hydroxylation is 1. The van der Waals surface area contributed by atoms with E-state index < -0.39 is 0 Å². The standard InChI is InChI=1S/C9H16N4O/c1-6(5-14-3)11-9-4-8(10)12-7(2)13-9/h4,6H,5H2,1-3H3,(H3,10,11,12,13). The monoisotopic (exact) mass is 196 g/mol. The van der Waals surface area contributed by atoms with Crippen molar-refractivity contribution >= 4 is 11.6 Å². The maximum Gasteiger partial charge on any atom is 0.132 e. The van der Waals surface area contributed by atoms with Gasteiger partial charge >= 0.3 is 0 Å². The third-order valence-electron chi connectivity index (χ3n) is 1.67. The molecular weight excluding hydrogens is 180 g/mol. The van der Waals surface area contributed by atoms with Crippen molar-refractivity contribution in [2.24, 2.45) is 0 Å². The second kappa shape index (κ2) is 4.76. The normalized spacial score (nSPS) is 12.5. The van der Waals surface area contributed by atoms with E-state index in [1.807, 2.05) is 13.8 Å². The van der Waals surface area contributed by atoms with E-state index in [4.69, 9.17) is 10.5 Å². The molecule has 0 aliphatic carbocycles. The molecule has 0 bridgehead atoms. The number of aromatic nitrogens is 2. The minimum atomic E-state index is 0.202. The molecule has 1 unspecified atom stereocenters. The first kappa shape index (κ1) is 10.7. The van der Waals surface area contributed by atoms with Crippen LogP contribution in [0.2, 0.25) is 0 Å². The van der Waals surface area contributed by atoms with Crippen molar-refractivity contribution in [1.82, 2.24) is 9.97 Å². The van der Waals surface area contributed by atoms with Crippen LogP contribution in [-0.4, -0.2) is 29.7 Å². The van der Waals surface area contributed by atoms with Crippen molar-refractivity contribution < 1.29 is 4.74 Å². The molecule has 0 aliphatic rings. The van der Waals surface area contributed by atoms with Crippen molar-refractivity contribution in [3.8, 4) is 0 Å². The van der Waals surface area contributed by atoms with E-state index in [9.17, 15) is 0 Å². The number of nitrogens with zero attached hydrogens (tertiary/aromatic N) is 2. The van der Waals surface area contributed by atoms with Gasteiger partial charge in [0.2, 0.25) is 0 Å². The predicted molar refractivity (Wildman–Crippen MR) is 56.1 cm³/mol. The Balaban J connectivity index is 2.66. The van der Waals surface area contributed by atoms with Crippen molar-refractivity contribution in [3.05, 3.63) is 11.9 Å². The molecular formula is C9H16N4O. The summed E-state index contributed by atoms with van der Waals surface area (Å²) < 4.78 is 5.00. The maximum atomic E-state index is 5.59. The molecule has 0 radical (unpaired) electrons. The molecule has 1 heterocycles.